The minimum Gasteiger partial charge on any atom is -0.504 e. The number of hydrogen-bond acceptors (Lipinski definition) is 11. The monoisotopic (exact) mass is 516 g/mol. The van der Waals surface area contributed by atoms with E-state index < -0.39 is 66.2 Å². The van der Waals surface area contributed by atoms with Gasteiger partial charge in [0.1, 0.15) is 12.2 Å². The number of phenols is 4. The zero-order valence-electron chi connectivity index (χ0n) is 19.1. The second-order valence-corrected chi connectivity index (χ2v) is 8.33. The van der Waals surface area contributed by atoms with E-state index in [0.717, 1.165) is 18.2 Å². The Kier molecular flexibility index (Phi) is 8.05. The highest BCUT2D eigenvalue weighted by atomic mass is 16.6. The van der Waals surface area contributed by atoms with E-state index >= 15 is 0 Å². The number of aliphatic carboxylic acids is 1. The second kappa shape index (κ2) is 11.0. The molecule has 0 bridgehead atoms. The first-order chi connectivity index (χ1) is 17.4. The number of carboxylic acids is 1. The topological polar surface area (TPSA) is 211 Å². The molecule has 1 saturated carbocycles. The number of aliphatic hydroxyl groups excluding tert-OH is 2. The van der Waals surface area contributed by atoms with Gasteiger partial charge < -0.3 is 45.2 Å². The Labute approximate surface area is 209 Å². The van der Waals surface area contributed by atoms with Crippen LogP contribution in [0.2, 0.25) is 0 Å². The number of aromatic hydroxyl groups is 4. The molecule has 1 fully saturated rings. The van der Waals surface area contributed by atoms with Crippen LogP contribution >= 0.6 is 0 Å². The summed E-state index contributed by atoms with van der Waals surface area (Å²) in [4.78, 5) is 36.7. The molecule has 1 aliphatic carbocycles. The first-order valence-electron chi connectivity index (χ1n) is 10.8. The van der Waals surface area contributed by atoms with Gasteiger partial charge in [0.15, 0.2) is 23.0 Å². The molecule has 7 N–H and O–H groups in total. The fourth-order valence-electron chi connectivity index (χ4n) is 3.68. The minimum atomic E-state index is -2.34. The lowest BCUT2D eigenvalue weighted by atomic mass is 9.79. The zero-order valence-corrected chi connectivity index (χ0v) is 19.1. The molecule has 0 aliphatic heterocycles. The SMILES string of the molecule is O=C(/C=C/c1ccc(O)c(O)c1)O[C@@H]1C[C@](OC(=O)/C=C/c2ccc(O)c(O)c2)(C(=O)O)C[C@H](O)[C@@H]1O. The Hall–Kier alpha value is -4.55. The summed E-state index contributed by atoms with van der Waals surface area (Å²) in [6.45, 7) is 0. The average molecular weight is 516 g/mol. The van der Waals surface area contributed by atoms with E-state index in [9.17, 15) is 50.1 Å². The number of carbonyl (C=O) groups is 3. The Bertz CT molecular complexity index is 1250. The first kappa shape index (κ1) is 27.0. The van der Waals surface area contributed by atoms with Crippen LogP contribution in [0, 0.1) is 0 Å². The molecule has 12 nitrogen and oxygen atoms in total. The molecule has 0 aromatic heterocycles. The molecule has 0 amide bonds. The van der Waals surface area contributed by atoms with Crippen LogP contribution in [0.5, 0.6) is 23.0 Å². The summed E-state index contributed by atoms with van der Waals surface area (Å²) >= 11 is 0. The maximum atomic E-state index is 12.4. The highest BCUT2D eigenvalue weighted by molar-refractivity contribution is 5.91. The number of carboxylic acid groups (broad SMARTS) is 1. The van der Waals surface area contributed by atoms with Gasteiger partial charge in [-0.15, -0.1) is 0 Å². The Balaban J connectivity index is 1.73. The van der Waals surface area contributed by atoms with E-state index in [-0.39, 0.29) is 17.1 Å². The van der Waals surface area contributed by atoms with Crippen LogP contribution in [0.15, 0.2) is 48.6 Å². The molecule has 12 heteroatoms. The summed E-state index contributed by atoms with van der Waals surface area (Å²) in [7, 11) is 0. The van der Waals surface area contributed by atoms with Crippen molar-refractivity contribution in [2.45, 2.75) is 36.8 Å². The zero-order chi connectivity index (χ0) is 27.3. The van der Waals surface area contributed by atoms with E-state index in [1.54, 1.807) is 0 Å². The average Bonchev–Trinajstić information content (AvgIpc) is 2.83. The third-order valence-corrected chi connectivity index (χ3v) is 5.62. The molecule has 3 rings (SSSR count). The molecule has 196 valence electrons. The van der Waals surface area contributed by atoms with Gasteiger partial charge in [-0.1, -0.05) is 12.1 Å². The van der Waals surface area contributed by atoms with Crippen LogP contribution in [-0.2, 0) is 23.9 Å². The minimum absolute atomic E-state index is 0.288. The molecule has 0 unspecified atom stereocenters. The van der Waals surface area contributed by atoms with Gasteiger partial charge >= 0.3 is 17.9 Å². The number of esters is 2. The summed E-state index contributed by atoms with van der Waals surface area (Å²) in [5.41, 5.74) is -1.73. The van der Waals surface area contributed by atoms with Crippen molar-refractivity contribution in [1.82, 2.24) is 0 Å². The lowest BCUT2D eigenvalue weighted by Gasteiger charge is -2.41. The molecule has 0 saturated heterocycles. The van der Waals surface area contributed by atoms with E-state index in [4.69, 9.17) is 9.47 Å². The van der Waals surface area contributed by atoms with E-state index in [1.165, 1.54) is 42.5 Å². The molecule has 1 aliphatic rings. The third kappa shape index (κ3) is 6.57. The van der Waals surface area contributed by atoms with E-state index in [0.29, 0.717) is 5.56 Å². The fraction of sp³-hybridized carbons (Fsp3) is 0.240. The van der Waals surface area contributed by atoms with Crippen molar-refractivity contribution in [1.29, 1.82) is 0 Å². The fourth-order valence-corrected chi connectivity index (χ4v) is 3.68. The molecule has 0 radical (unpaired) electrons. The maximum Gasteiger partial charge on any atom is 0.348 e. The Morgan fingerprint density at radius 1 is 0.784 bits per heavy atom. The molecule has 2 aromatic rings. The quantitative estimate of drug-likeness (QED) is 0.156. The summed E-state index contributed by atoms with van der Waals surface area (Å²) in [6, 6.07) is 7.44. The lowest BCUT2D eigenvalue weighted by Crippen LogP contribution is -2.58. The van der Waals surface area contributed by atoms with Crippen LogP contribution in [0.4, 0.5) is 0 Å². The number of hydrogen-bond donors (Lipinski definition) is 7. The van der Waals surface area contributed by atoms with E-state index in [2.05, 4.69) is 0 Å². The van der Waals surface area contributed by atoms with Crippen LogP contribution < -0.4 is 0 Å². The lowest BCUT2D eigenvalue weighted by molar-refractivity contribution is -0.207. The standard InChI is InChI=1S/C25H24O12/c26-15-5-1-13(9-17(15)28)3-7-21(31)36-20-12-25(24(34)35,11-19(30)23(20)33)37-22(32)8-4-14-2-6-16(27)18(29)10-14/h1-10,19-20,23,26-30,33H,11-12H2,(H,34,35)/b7-3+,8-4+/t19-,20+,23-,25-/m0/s1. The van der Waals surface area contributed by atoms with Crippen molar-refractivity contribution in [3.05, 3.63) is 59.7 Å². The summed E-state index contributed by atoms with van der Waals surface area (Å²) < 4.78 is 10.2. The number of benzene rings is 2. The number of phenolic OH excluding ortho intramolecular Hbond substituents is 4. The predicted molar refractivity (Wildman–Crippen MR) is 125 cm³/mol. The van der Waals surface area contributed by atoms with Gasteiger partial charge in [0.2, 0.25) is 5.60 Å². The molecule has 4 atom stereocenters. The first-order valence-corrected chi connectivity index (χ1v) is 10.8. The number of carbonyl (C=O) groups excluding carboxylic acids is 2. The number of aliphatic hydroxyl groups is 2. The number of rotatable bonds is 7. The summed E-state index contributed by atoms with van der Waals surface area (Å²) in [5.74, 6) is -5.41. The van der Waals surface area contributed by atoms with Crippen molar-refractivity contribution in [3.63, 3.8) is 0 Å². The molecular formula is C25H24O12. The highest BCUT2D eigenvalue weighted by Crippen LogP contribution is 2.35. The number of ether oxygens (including phenoxy) is 2. The van der Waals surface area contributed by atoms with Gasteiger partial charge in [0.05, 0.1) is 6.10 Å². The van der Waals surface area contributed by atoms with Gasteiger partial charge in [0.25, 0.3) is 0 Å². The third-order valence-electron chi connectivity index (χ3n) is 5.62. The molecular weight excluding hydrogens is 492 g/mol. The van der Waals surface area contributed by atoms with Gasteiger partial charge in [0, 0.05) is 25.0 Å². The maximum absolute atomic E-state index is 12.4. The van der Waals surface area contributed by atoms with Crippen LogP contribution in [-0.4, -0.2) is 77.6 Å². The van der Waals surface area contributed by atoms with Crippen molar-refractivity contribution in [2.24, 2.45) is 0 Å². The Morgan fingerprint density at radius 2 is 1.30 bits per heavy atom. The Morgan fingerprint density at radius 3 is 1.78 bits per heavy atom. The smallest absolute Gasteiger partial charge is 0.348 e. The van der Waals surface area contributed by atoms with Crippen molar-refractivity contribution >= 4 is 30.1 Å². The molecule has 2 aromatic carbocycles. The summed E-state index contributed by atoms with van der Waals surface area (Å²) in [6.07, 6.45) is -2.09. The van der Waals surface area contributed by atoms with Gasteiger partial charge in [-0.2, -0.15) is 0 Å². The summed E-state index contributed by atoms with van der Waals surface area (Å²) in [5, 5.41) is 68.0. The molecule has 0 heterocycles. The van der Waals surface area contributed by atoms with Crippen molar-refractivity contribution < 1.29 is 59.6 Å². The van der Waals surface area contributed by atoms with Gasteiger partial charge in [-0.3, -0.25) is 0 Å². The van der Waals surface area contributed by atoms with Crippen LogP contribution in [0.3, 0.4) is 0 Å². The highest BCUT2D eigenvalue weighted by Gasteiger charge is 2.54. The predicted octanol–water partition coefficient (Wildman–Crippen LogP) is 1.03. The molecule has 37 heavy (non-hydrogen) atoms. The van der Waals surface area contributed by atoms with Gasteiger partial charge in [-0.25, -0.2) is 14.4 Å². The van der Waals surface area contributed by atoms with Crippen LogP contribution in [0.25, 0.3) is 12.2 Å². The van der Waals surface area contributed by atoms with Gasteiger partial charge in [-0.05, 0) is 47.5 Å². The normalized spacial score (nSPS) is 23.7. The van der Waals surface area contributed by atoms with E-state index in [1.807, 2.05) is 0 Å². The largest absolute Gasteiger partial charge is 0.504 e. The van der Waals surface area contributed by atoms with Crippen molar-refractivity contribution in [2.75, 3.05) is 0 Å². The molecule has 0 spiro atoms. The van der Waals surface area contributed by atoms with Crippen molar-refractivity contribution in [3.8, 4) is 23.0 Å². The van der Waals surface area contributed by atoms with Crippen LogP contribution in [0.1, 0.15) is 24.0 Å². The second-order valence-electron chi connectivity index (χ2n) is 8.33.